The molecule has 0 saturated carbocycles. The number of halogens is 1. The smallest absolute Gasteiger partial charge is 0.239 e. The fourth-order valence-electron chi connectivity index (χ4n) is 6.42. The predicted molar refractivity (Wildman–Crippen MR) is 171 cm³/mol. The quantitative estimate of drug-likeness (QED) is 0.269. The molecule has 3 aromatic carbocycles. The predicted octanol–water partition coefficient (Wildman–Crippen LogP) is 6.15. The van der Waals surface area contributed by atoms with E-state index in [1.807, 2.05) is 28.4 Å². The lowest BCUT2D eigenvalue weighted by atomic mass is 9.88. The topological polar surface area (TPSA) is 52.8 Å². The molecule has 2 aliphatic heterocycles. The minimum atomic E-state index is -0.401. The van der Waals surface area contributed by atoms with Gasteiger partial charge in [0, 0.05) is 49.0 Å². The number of hydrogen-bond acceptors (Lipinski definition) is 5. The molecule has 3 heterocycles. The van der Waals surface area contributed by atoms with E-state index in [-0.39, 0.29) is 11.8 Å². The van der Waals surface area contributed by atoms with Crippen molar-refractivity contribution in [3.63, 3.8) is 0 Å². The molecule has 5 nitrogen and oxygen atoms in total. The van der Waals surface area contributed by atoms with Crippen LogP contribution < -0.4 is 5.73 Å². The number of fused-ring (bicyclic) bond motifs is 1. The van der Waals surface area contributed by atoms with E-state index in [4.69, 9.17) is 17.3 Å². The summed E-state index contributed by atoms with van der Waals surface area (Å²) in [7, 11) is 0. The van der Waals surface area contributed by atoms with Gasteiger partial charge in [0.15, 0.2) is 0 Å². The van der Waals surface area contributed by atoms with Gasteiger partial charge in [-0.1, -0.05) is 66.2 Å². The molecule has 0 radical (unpaired) electrons. The zero-order valence-electron chi connectivity index (χ0n) is 23.6. The number of carbonyl (C=O) groups excluding carboxylic acids is 1. The van der Waals surface area contributed by atoms with Crippen molar-refractivity contribution >= 4 is 38.9 Å². The van der Waals surface area contributed by atoms with Gasteiger partial charge in [0.1, 0.15) is 0 Å². The molecule has 0 spiro atoms. The van der Waals surface area contributed by atoms with Crippen molar-refractivity contribution in [1.29, 1.82) is 0 Å². The number of nitrogens with zero attached hydrogens (tertiary/aromatic N) is 3. The Bertz CT molecular complexity index is 1460. The molecule has 2 N–H and O–H groups in total. The fraction of sp³-hybridized carbons (Fsp3) is 0.382. The fourth-order valence-corrected chi connectivity index (χ4v) is 7.57. The number of rotatable bonds is 8. The van der Waals surface area contributed by atoms with Crippen LogP contribution in [0.4, 0.5) is 0 Å². The second-order valence-corrected chi connectivity index (χ2v) is 12.8. The average molecular weight is 587 g/mol. The van der Waals surface area contributed by atoms with Gasteiger partial charge in [-0.15, -0.1) is 11.3 Å². The van der Waals surface area contributed by atoms with E-state index in [1.54, 1.807) is 0 Å². The highest BCUT2D eigenvalue weighted by molar-refractivity contribution is 7.17. The Morgan fingerprint density at radius 1 is 0.878 bits per heavy atom. The second kappa shape index (κ2) is 13.1. The molecule has 2 fully saturated rings. The lowest BCUT2D eigenvalue weighted by Gasteiger charge is -2.39. The lowest BCUT2D eigenvalue weighted by Crippen LogP contribution is -2.55. The van der Waals surface area contributed by atoms with Crippen LogP contribution in [0.3, 0.4) is 0 Å². The van der Waals surface area contributed by atoms with E-state index in [2.05, 4.69) is 75.8 Å². The molecule has 0 bridgehead atoms. The van der Waals surface area contributed by atoms with E-state index in [1.165, 1.54) is 32.3 Å². The number of likely N-dealkylation sites (tertiary alicyclic amines) is 1. The number of amides is 1. The molecule has 1 aromatic heterocycles. The van der Waals surface area contributed by atoms with Gasteiger partial charge in [0.05, 0.1) is 6.04 Å². The van der Waals surface area contributed by atoms with Gasteiger partial charge >= 0.3 is 0 Å². The van der Waals surface area contributed by atoms with Crippen molar-refractivity contribution in [3.05, 3.63) is 94.3 Å². The summed E-state index contributed by atoms with van der Waals surface area (Å²) in [4.78, 5) is 20.3. The lowest BCUT2D eigenvalue weighted by molar-refractivity contribution is -0.136. The Morgan fingerprint density at radius 3 is 2.39 bits per heavy atom. The molecule has 6 rings (SSSR count). The number of nitrogens with two attached hydrogens (primary N) is 1. The highest BCUT2D eigenvalue weighted by atomic mass is 35.5. The summed E-state index contributed by atoms with van der Waals surface area (Å²) < 4.78 is 1.34. The Labute approximate surface area is 252 Å². The number of piperazine rings is 1. The zero-order valence-corrected chi connectivity index (χ0v) is 25.1. The zero-order chi connectivity index (χ0) is 28.2. The number of piperidine rings is 1. The molecule has 1 amide bonds. The largest absolute Gasteiger partial charge is 0.339 e. The summed E-state index contributed by atoms with van der Waals surface area (Å²) in [5.41, 5.74) is 11.8. The molecule has 1 atom stereocenters. The summed E-state index contributed by atoms with van der Waals surface area (Å²) >= 11 is 8.18. The summed E-state index contributed by atoms with van der Waals surface area (Å²) in [6.45, 7) is 7.21. The molecule has 214 valence electrons. The number of carbonyl (C=O) groups is 1. The molecule has 4 aromatic rings. The van der Waals surface area contributed by atoms with Crippen LogP contribution in [0.15, 0.2) is 78.2 Å². The van der Waals surface area contributed by atoms with Gasteiger partial charge in [0.2, 0.25) is 5.91 Å². The number of thiophene rings is 1. The summed E-state index contributed by atoms with van der Waals surface area (Å²) in [6.07, 6.45) is 2.89. The summed E-state index contributed by atoms with van der Waals surface area (Å²) in [5, 5.41) is 4.42. The minimum absolute atomic E-state index is 0.135. The first-order valence-corrected chi connectivity index (χ1v) is 16.1. The van der Waals surface area contributed by atoms with E-state index < -0.39 is 6.04 Å². The van der Waals surface area contributed by atoms with Crippen LogP contribution in [-0.2, 0) is 17.8 Å². The standard InChI is InChI=1S/C34H39ClN4OS/c35-29-10-11-30(25-6-2-1-3-7-25)27(22-29)14-17-37-15-12-26(13-16-37)33(36)34(40)39-20-18-38(19-21-39)23-28-24-41-32-9-5-4-8-31(28)32/h1-11,22,24,26,33H,12-21,23,36H2/t33-/m1/s1. The SMILES string of the molecule is N[C@@H](C(=O)N1CCN(Cc2csc3ccccc23)CC1)C1CCN(CCc2cc(Cl)ccc2-c2ccccc2)CC1. The first kappa shape index (κ1) is 28.4. The minimum Gasteiger partial charge on any atom is -0.339 e. The van der Waals surface area contributed by atoms with Crippen LogP contribution in [0, 0.1) is 5.92 Å². The van der Waals surface area contributed by atoms with Gasteiger partial charge in [-0.2, -0.15) is 0 Å². The van der Waals surface area contributed by atoms with Gasteiger partial charge in [-0.25, -0.2) is 0 Å². The van der Waals surface area contributed by atoms with Crippen molar-refractivity contribution in [2.45, 2.75) is 31.8 Å². The molecule has 0 unspecified atom stereocenters. The van der Waals surface area contributed by atoms with Crippen LogP contribution in [0.2, 0.25) is 5.02 Å². The normalized spacial score (nSPS) is 18.1. The van der Waals surface area contributed by atoms with Gasteiger partial charge in [0.25, 0.3) is 0 Å². The van der Waals surface area contributed by atoms with Crippen LogP contribution in [0.25, 0.3) is 21.2 Å². The van der Waals surface area contributed by atoms with Crippen molar-refractivity contribution < 1.29 is 4.79 Å². The Morgan fingerprint density at radius 2 is 1.61 bits per heavy atom. The van der Waals surface area contributed by atoms with Crippen molar-refractivity contribution in [2.24, 2.45) is 11.7 Å². The second-order valence-electron chi connectivity index (χ2n) is 11.5. The van der Waals surface area contributed by atoms with Crippen LogP contribution in [0.1, 0.15) is 24.0 Å². The van der Waals surface area contributed by atoms with Crippen LogP contribution in [-0.4, -0.2) is 72.5 Å². The van der Waals surface area contributed by atoms with Crippen LogP contribution in [0.5, 0.6) is 0 Å². The van der Waals surface area contributed by atoms with E-state index in [0.717, 1.165) is 76.6 Å². The van der Waals surface area contributed by atoms with Gasteiger partial charge in [-0.3, -0.25) is 9.69 Å². The maximum atomic E-state index is 13.4. The first-order valence-electron chi connectivity index (χ1n) is 14.8. The molecule has 41 heavy (non-hydrogen) atoms. The molecule has 0 aliphatic carbocycles. The number of hydrogen-bond donors (Lipinski definition) is 1. The van der Waals surface area contributed by atoms with Crippen molar-refractivity contribution in [3.8, 4) is 11.1 Å². The molecular formula is C34H39ClN4OS. The summed E-state index contributed by atoms with van der Waals surface area (Å²) in [5.74, 6) is 0.385. The number of benzene rings is 3. The van der Waals surface area contributed by atoms with E-state index in [0.29, 0.717) is 0 Å². The maximum absolute atomic E-state index is 13.4. The first-order chi connectivity index (χ1) is 20.0. The van der Waals surface area contributed by atoms with E-state index in [9.17, 15) is 4.79 Å². The molecule has 7 heteroatoms. The summed E-state index contributed by atoms with van der Waals surface area (Å²) in [6, 6.07) is 24.9. The van der Waals surface area contributed by atoms with Crippen LogP contribution >= 0.6 is 22.9 Å². The van der Waals surface area contributed by atoms with Gasteiger partial charge in [-0.05, 0) is 89.5 Å². The Balaban J connectivity index is 0.966. The molecule has 2 saturated heterocycles. The average Bonchev–Trinajstić information content (AvgIpc) is 3.43. The molecule has 2 aliphatic rings. The van der Waals surface area contributed by atoms with Crippen molar-refractivity contribution in [1.82, 2.24) is 14.7 Å². The maximum Gasteiger partial charge on any atom is 0.239 e. The third-order valence-electron chi connectivity index (χ3n) is 8.91. The third-order valence-corrected chi connectivity index (χ3v) is 10.2. The monoisotopic (exact) mass is 586 g/mol. The van der Waals surface area contributed by atoms with Gasteiger partial charge < -0.3 is 15.5 Å². The third kappa shape index (κ3) is 6.68. The van der Waals surface area contributed by atoms with E-state index >= 15 is 0 Å². The van der Waals surface area contributed by atoms with Crippen molar-refractivity contribution in [2.75, 3.05) is 45.8 Å². The highest BCUT2D eigenvalue weighted by Gasteiger charge is 2.32. The highest BCUT2D eigenvalue weighted by Crippen LogP contribution is 2.29. The molecular weight excluding hydrogens is 548 g/mol. The Kier molecular flexibility index (Phi) is 9.04. The Hall–Kier alpha value is -2.74.